The normalized spacial score (nSPS) is 15.4. The van der Waals surface area contributed by atoms with Crippen molar-refractivity contribution in [3.05, 3.63) is 109 Å². The van der Waals surface area contributed by atoms with Gasteiger partial charge in [0.15, 0.2) is 0 Å². The van der Waals surface area contributed by atoms with Crippen molar-refractivity contribution in [3.63, 3.8) is 0 Å². The van der Waals surface area contributed by atoms with Crippen LogP contribution in [0.3, 0.4) is 0 Å². The van der Waals surface area contributed by atoms with Crippen molar-refractivity contribution >= 4 is 15.9 Å². The average Bonchev–Trinajstić information content (AvgIpc) is 2.71. The van der Waals surface area contributed by atoms with E-state index in [1.54, 1.807) is 4.57 Å². The van der Waals surface area contributed by atoms with E-state index < -0.39 is 5.92 Å². The summed E-state index contributed by atoms with van der Waals surface area (Å²) in [6.45, 7) is 2.30. The molecular formula is C23H18BrN3O2. The highest BCUT2D eigenvalue weighted by molar-refractivity contribution is 9.10. The number of aryl methyl sites for hydroxylation is 1. The second kappa shape index (κ2) is 7.61. The topological polar surface area (TPSA) is 81.0 Å². The van der Waals surface area contributed by atoms with Gasteiger partial charge in [0, 0.05) is 16.2 Å². The maximum Gasteiger partial charge on any atom is 0.259 e. The first-order valence-corrected chi connectivity index (χ1v) is 9.90. The van der Waals surface area contributed by atoms with E-state index >= 15 is 0 Å². The zero-order valence-corrected chi connectivity index (χ0v) is 17.3. The summed E-state index contributed by atoms with van der Waals surface area (Å²) in [7, 11) is 0. The molecule has 2 aromatic carbocycles. The van der Waals surface area contributed by atoms with Gasteiger partial charge in [0.05, 0.1) is 18.0 Å². The molecule has 1 aromatic heterocycles. The number of ether oxygens (including phenoxy) is 1. The second-order valence-electron chi connectivity index (χ2n) is 6.92. The van der Waals surface area contributed by atoms with Gasteiger partial charge in [-0.1, -0.05) is 58.4 Å². The molecule has 0 amide bonds. The van der Waals surface area contributed by atoms with Crippen molar-refractivity contribution in [2.45, 2.75) is 19.4 Å². The molecule has 0 saturated carbocycles. The average molecular weight is 448 g/mol. The van der Waals surface area contributed by atoms with Crippen LogP contribution in [0.5, 0.6) is 5.75 Å². The van der Waals surface area contributed by atoms with Gasteiger partial charge in [-0.25, -0.2) is 0 Å². The minimum absolute atomic E-state index is 0.0347. The SMILES string of the molecule is Cc1cc2c(c(=O)n1Cc1ccccc1)[C@H](c1ccc(Br)cc1)C(C#N)=C(N)O2. The summed E-state index contributed by atoms with van der Waals surface area (Å²) >= 11 is 3.43. The fraction of sp³-hybridized carbons (Fsp3) is 0.130. The Hall–Kier alpha value is -3.30. The Morgan fingerprint density at radius 3 is 2.52 bits per heavy atom. The van der Waals surface area contributed by atoms with Crippen molar-refractivity contribution in [3.8, 4) is 11.8 Å². The zero-order valence-electron chi connectivity index (χ0n) is 15.7. The van der Waals surface area contributed by atoms with Crippen LogP contribution < -0.4 is 16.0 Å². The van der Waals surface area contributed by atoms with E-state index in [1.165, 1.54) is 0 Å². The molecule has 4 rings (SSSR count). The van der Waals surface area contributed by atoms with Crippen LogP contribution in [0, 0.1) is 18.3 Å². The summed E-state index contributed by atoms with van der Waals surface area (Å²) in [5, 5.41) is 9.74. The molecule has 144 valence electrons. The highest BCUT2D eigenvalue weighted by Gasteiger charge is 2.34. The van der Waals surface area contributed by atoms with Crippen molar-refractivity contribution in [2.24, 2.45) is 5.73 Å². The van der Waals surface area contributed by atoms with E-state index in [-0.39, 0.29) is 17.0 Å². The van der Waals surface area contributed by atoms with E-state index in [0.29, 0.717) is 17.9 Å². The third-order valence-corrected chi connectivity index (χ3v) is 5.61. The van der Waals surface area contributed by atoms with Gasteiger partial charge in [0.25, 0.3) is 5.56 Å². The van der Waals surface area contributed by atoms with Crippen LogP contribution in [0.25, 0.3) is 0 Å². The minimum Gasteiger partial charge on any atom is -0.440 e. The summed E-state index contributed by atoms with van der Waals surface area (Å²) in [6, 6.07) is 21.3. The Balaban J connectivity index is 1.92. The van der Waals surface area contributed by atoms with Crippen LogP contribution in [0.4, 0.5) is 0 Å². The fourth-order valence-electron chi connectivity index (χ4n) is 3.64. The van der Waals surface area contributed by atoms with Crippen LogP contribution >= 0.6 is 15.9 Å². The molecule has 1 atom stereocenters. The number of benzene rings is 2. The standard InChI is InChI=1S/C23H18BrN3O2/c1-14-11-19-21(23(28)27(14)13-15-5-3-2-4-6-15)20(18(12-25)22(26)29-19)16-7-9-17(24)10-8-16/h2-11,20H,13,26H2,1H3/t20-/m1/s1. The number of hydrogen-bond acceptors (Lipinski definition) is 4. The molecule has 29 heavy (non-hydrogen) atoms. The molecule has 0 fully saturated rings. The molecular weight excluding hydrogens is 430 g/mol. The fourth-order valence-corrected chi connectivity index (χ4v) is 3.90. The van der Waals surface area contributed by atoms with Gasteiger partial charge in [0.2, 0.25) is 5.88 Å². The molecule has 6 heteroatoms. The monoisotopic (exact) mass is 447 g/mol. The lowest BCUT2D eigenvalue weighted by atomic mass is 9.84. The number of nitrogens with two attached hydrogens (primary N) is 1. The molecule has 0 saturated heterocycles. The molecule has 1 aliphatic heterocycles. The van der Waals surface area contributed by atoms with Gasteiger partial charge < -0.3 is 15.0 Å². The molecule has 2 heterocycles. The number of fused-ring (bicyclic) bond motifs is 1. The van der Waals surface area contributed by atoms with Gasteiger partial charge in [-0.15, -0.1) is 0 Å². The van der Waals surface area contributed by atoms with E-state index in [2.05, 4.69) is 22.0 Å². The summed E-state index contributed by atoms with van der Waals surface area (Å²) < 4.78 is 8.31. The van der Waals surface area contributed by atoms with Gasteiger partial charge in [0.1, 0.15) is 17.4 Å². The van der Waals surface area contributed by atoms with Crippen LogP contribution in [0.1, 0.15) is 28.3 Å². The molecule has 0 radical (unpaired) electrons. The predicted molar refractivity (Wildman–Crippen MR) is 114 cm³/mol. The van der Waals surface area contributed by atoms with E-state index in [1.807, 2.05) is 67.6 Å². The van der Waals surface area contributed by atoms with Gasteiger partial charge >= 0.3 is 0 Å². The number of halogens is 1. The summed E-state index contributed by atoms with van der Waals surface area (Å²) in [6.07, 6.45) is 0. The quantitative estimate of drug-likeness (QED) is 0.652. The largest absolute Gasteiger partial charge is 0.440 e. The molecule has 0 bridgehead atoms. The number of hydrogen-bond donors (Lipinski definition) is 1. The predicted octanol–water partition coefficient (Wildman–Crippen LogP) is 4.19. The molecule has 2 N–H and O–H groups in total. The van der Waals surface area contributed by atoms with Crippen LogP contribution in [-0.4, -0.2) is 4.57 Å². The summed E-state index contributed by atoms with van der Waals surface area (Å²) in [5.74, 6) is -0.138. The lowest BCUT2D eigenvalue weighted by Gasteiger charge is -2.27. The number of nitrogens with zero attached hydrogens (tertiary/aromatic N) is 2. The molecule has 5 nitrogen and oxygen atoms in total. The second-order valence-corrected chi connectivity index (χ2v) is 7.83. The van der Waals surface area contributed by atoms with Crippen molar-refractivity contribution in [1.82, 2.24) is 4.57 Å². The Labute approximate surface area is 176 Å². The molecule has 0 aliphatic carbocycles. The maximum absolute atomic E-state index is 13.6. The molecule has 0 unspecified atom stereocenters. The van der Waals surface area contributed by atoms with Gasteiger partial charge in [-0.3, -0.25) is 4.79 Å². The molecule has 0 spiro atoms. The minimum atomic E-state index is -0.577. The van der Waals surface area contributed by atoms with Crippen molar-refractivity contribution in [1.29, 1.82) is 5.26 Å². The molecule has 1 aliphatic rings. The first-order chi connectivity index (χ1) is 14.0. The third-order valence-electron chi connectivity index (χ3n) is 5.08. The Morgan fingerprint density at radius 1 is 1.17 bits per heavy atom. The van der Waals surface area contributed by atoms with Crippen LogP contribution in [0.2, 0.25) is 0 Å². The van der Waals surface area contributed by atoms with Crippen LogP contribution in [0.15, 0.2) is 81.4 Å². The number of pyridine rings is 1. The van der Waals surface area contributed by atoms with E-state index in [0.717, 1.165) is 21.3 Å². The lowest BCUT2D eigenvalue weighted by Crippen LogP contribution is -2.33. The van der Waals surface area contributed by atoms with E-state index in [9.17, 15) is 10.1 Å². The Bertz CT molecular complexity index is 1210. The third kappa shape index (κ3) is 3.45. The van der Waals surface area contributed by atoms with E-state index in [4.69, 9.17) is 10.5 Å². The number of aromatic nitrogens is 1. The maximum atomic E-state index is 13.6. The van der Waals surface area contributed by atoms with Gasteiger partial charge in [-0.2, -0.15) is 5.26 Å². The molecule has 3 aromatic rings. The zero-order chi connectivity index (χ0) is 20.5. The van der Waals surface area contributed by atoms with Gasteiger partial charge in [-0.05, 0) is 30.2 Å². The van der Waals surface area contributed by atoms with Crippen molar-refractivity contribution in [2.75, 3.05) is 0 Å². The number of rotatable bonds is 3. The Morgan fingerprint density at radius 2 is 1.86 bits per heavy atom. The first-order valence-electron chi connectivity index (χ1n) is 9.11. The highest BCUT2D eigenvalue weighted by atomic mass is 79.9. The van der Waals surface area contributed by atoms with Crippen molar-refractivity contribution < 1.29 is 4.74 Å². The summed E-state index contributed by atoms with van der Waals surface area (Å²) in [5.41, 5.74) is 9.12. The lowest BCUT2D eigenvalue weighted by molar-refractivity contribution is 0.389. The van der Waals surface area contributed by atoms with Crippen LogP contribution in [-0.2, 0) is 6.54 Å². The Kier molecular flexibility index (Phi) is 4.99. The highest BCUT2D eigenvalue weighted by Crippen LogP contribution is 2.40. The number of nitriles is 1. The smallest absolute Gasteiger partial charge is 0.259 e. The summed E-state index contributed by atoms with van der Waals surface area (Å²) in [4.78, 5) is 13.6. The first kappa shape index (κ1) is 19.0. The number of allylic oxidation sites excluding steroid dienone is 1.